The Morgan fingerprint density at radius 3 is 2.46 bits per heavy atom. The third-order valence-corrected chi connectivity index (χ3v) is 6.68. The van der Waals surface area contributed by atoms with Gasteiger partial charge in [-0.2, -0.15) is 0 Å². The number of alkyl halides is 2. The zero-order chi connectivity index (χ0) is 9.85. The molecule has 2 bridgehead atoms. The van der Waals surface area contributed by atoms with Gasteiger partial charge in [-0.05, 0) is 24.2 Å². The van der Waals surface area contributed by atoms with Gasteiger partial charge in [-0.1, -0.05) is 45.7 Å². The Bertz CT molecular complexity index is 266. The molecule has 0 aliphatic heterocycles. The predicted octanol–water partition coefficient (Wildman–Crippen LogP) is 3.15. The van der Waals surface area contributed by atoms with Crippen molar-refractivity contribution in [2.24, 2.45) is 16.7 Å². The third kappa shape index (κ3) is 0.956. The van der Waals surface area contributed by atoms with Crippen LogP contribution in [0.2, 0.25) is 0 Å². The van der Waals surface area contributed by atoms with E-state index in [9.17, 15) is 4.79 Å². The molecule has 2 aliphatic rings. The minimum atomic E-state index is -0.0880. The van der Waals surface area contributed by atoms with Crippen molar-refractivity contribution in [2.75, 3.05) is 5.33 Å². The Labute approximate surface area is 95.9 Å². The molecule has 2 rings (SSSR count). The largest absolute Gasteiger partial charge is 0.298 e. The molecule has 2 aliphatic carbocycles. The highest BCUT2D eigenvalue weighted by atomic mass is 79.9. The molecular formula is C10H14Br2O. The van der Waals surface area contributed by atoms with Gasteiger partial charge < -0.3 is 0 Å². The van der Waals surface area contributed by atoms with Crippen LogP contribution >= 0.6 is 31.9 Å². The van der Waals surface area contributed by atoms with Gasteiger partial charge in [0.2, 0.25) is 0 Å². The van der Waals surface area contributed by atoms with Crippen LogP contribution in [0.5, 0.6) is 0 Å². The summed E-state index contributed by atoms with van der Waals surface area (Å²) in [5, 5.41) is 0.939. The van der Waals surface area contributed by atoms with Gasteiger partial charge in [0.15, 0.2) is 5.78 Å². The quantitative estimate of drug-likeness (QED) is 0.680. The van der Waals surface area contributed by atoms with Crippen LogP contribution in [0.1, 0.15) is 26.7 Å². The van der Waals surface area contributed by atoms with E-state index in [-0.39, 0.29) is 15.7 Å². The van der Waals surface area contributed by atoms with E-state index in [0.29, 0.717) is 11.7 Å². The third-order valence-electron chi connectivity index (χ3n) is 4.46. The summed E-state index contributed by atoms with van der Waals surface area (Å²) in [7, 11) is 0. The summed E-state index contributed by atoms with van der Waals surface area (Å²) in [5.74, 6) is 0.954. The molecule has 0 N–H and O–H groups in total. The second kappa shape index (κ2) is 2.82. The first-order valence-corrected chi connectivity index (χ1v) is 6.75. The normalized spacial score (nSPS) is 54.6. The van der Waals surface area contributed by atoms with Gasteiger partial charge in [-0.15, -0.1) is 0 Å². The summed E-state index contributed by atoms with van der Waals surface area (Å²) < 4.78 is 0. The van der Waals surface area contributed by atoms with E-state index in [4.69, 9.17) is 0 Å². The number of hydrogen-bond donors (Lipinski definition) is 0. The molecule has 0 radical (unpaired) electrons. The van der Waals surface area contributed by atoms with Gasteiger partial charge in [0.25, 0.3) is 0 Å². The van der Waals surface area contributed by atoms with E-state index in [1.54, 1.807) is 0 Å². The van der Waals surface area contributed by atoms with Crippen LogP contribution in [-0.4, -0.2) is 15.9 Å². The minimum Gasteiger partial charge on any atom is -0.298 e. The lowest BCUT2D eigenvalue weighted by Crippen LogP contribution is -2.36. The molecule has 2 fully saturated rings. The highest BCUT2D eigenvalue weighted by molar-refractivity contribution is 9.10. The maximum atomic E-state index is 12.0. The first-order chi connectivity index (χ1) is 5.97. The van der Waals surface area contributed by atoms with Crippen molar-refractivity contribution in [1.29, 1.82) is 0 Å². The second-order valence-electron chi connectivity index (χ2n) is 4.79. The van der Waals surface area contributed by atoms with Crippen molar-refractivity contribution in [3.63, 3.8) is 0 Å². The molecule has 1 unspecified atom stereocenters. The molecule has 0 aromatic rings. The molecule has 2 saturated carbocycles. The van der Waals surface area contributed by atoms with Crippen molar-refractivity contribution >= 4 is 37.6 Å². The fraction of sp³-hybridized carbons (Fsp3) is 0.900. The molecule has 0 spiro atoms. The average Bonchev–Trinajstić information content (AvgIpc) is 2.44. The number of rotatable bonds is 1. The second-order valence-corrected chi connectivity index (χ2v) is 6.34. The van der Waals surface area contributed by atoms with E-state index >= 15 is 0 Å². The fourth-order valence-electron chi connectivity index (χ4n) is 3.07. The molecule has 3 heteroatoms. The summed E-state index contributed by atoms with van der Waals surface area (Å²) in [6.45, 7) is 4.39. The van der Waals surface area contributed by atoms with Crippen LogP contribution < -0.4 is 0 Å². The van der Waals surface area contributed by atoms with Crippen LogP contribution in [0.3, 0.4) is 0 Å². The summed E-state index contributed by atoms with van der Waals surface area (Å²) in [5.41, 5.74) is 0.0770. The number of carbonyl (C=O) groups is 1. The Morgan fingerprint density at radius 1 is 1.54 bits per heavy atom. The SMILES string of the molecule is CC1(CBr)[C@H]2CC[C@]1(C)C(=O)[C@@H]2Br. The van der Waals surface area contributed by atoms with Crippen molar-refractivity contribution in [3.05, 3.63) is 0 Å². The van der Waals surface area contributed by atoms with Crippen molar-refractivity contribution in [2.45, 2.75) is 31.5 Å². The van der Waals surface area contributed by atoms with Gasteiger partial charge in [0.05, 0.1) is 4.83 Å². The van der Waals surface area contributed by atoms with Crippen molar-refractivity contribution < 1.29 is 4.79 Å². The number of hydrogen-bond acceptors (Lipinski definition) is 1. The van der Waals surface area contributed by atoms with Crippen LogP contribution in [0.15, 0.2) is 0 Å². The Hall–Kier alpha value is 0.630. The Balaban J connectivity index is 2.49. The summed E-state index contributed by atoms with van der Waals surface area (Å²) in [6, 6.07) is 0. The molecule has 0 amide bonds. The monoisotopic (exact) mass is 308 g/mol. The van der Waals surface area contributed by atoms with Crippen LogP contribution in [0.4, 0.5) is 0 Å². The Morgan fingerprint density at radius 2 is 2.15 bits per heavy atom. The fourth-order valence-corrected chi connectivity index (χ4v) is 5.45. The number of halogens is 2. The maximum Gasteiger partial charge on any atom is 0.153 e. The minimum absolute atomic E-state index is 0.0880. The average molecular weight is 310 g/mol. The van der Waals surface area contributed by atoms with E-state index in [2.05, 4.69) is 45.7 Å². The number of fused-ring (bicyclic) bond motifs is 2. The Kier molecular flexibility index (Phi) is 2.20. The molecule has 0 aromatic carbocycles. The van der Waals surface area contributed by atoms with E-state index < -0.39 is 0 Å². The predicted molar refractivity (Wildman–Crippen MR) is 60.5 cm³/mol. The smallest absolute Gasteiger partial charge is 0.153 e. The van der Waals surface area contributed by atoms with Crippen molar-refractivity contribution in [1.82, 2.24) is 0 Å². The zero-order valence-electron chi connectivity index (χ0n) is 7.94. The summed E-state index contributed by atoms with van der Waals surface area (Å²) in [6.07, 6.45) is 2.26. The van der Waals surface area contributed by atoms with Crippen LogP contribution in [0, 0.1) is 16.7 Å². The molecular weight excluding hydrogens is 296 g/mol. The van der Waals surface area contributed by atoms with E-state index in [1.807, 2.05) is 0 Å². The molecule has 0 aromatic heterocycles. The van der Waals surface area contributed by atoms with Gasteiger partial charge in [-0.3, -0.25) is 4.79 Å². The van der Waals surface area contributed by atoms with Gasteiger partial charge >= 0.3 is 0 Å². The van der Waals surface area contributed by atoms with Crippen LogP contribution in [0.25, 0.3) is 0 Å². The van der Waals surface area contributed by atoms with Gasteiger partial charge in [-0.25, -0.2) is 0 Å². The molecule has 13 heavy (non-hydrogen) atoms. The van der Waals surface area contributed by atoms with Gasteiger partial charge in [0, 0.05) is 10.7 Å². The molecule has 0 saturated heterocycles. The molecule has 0 heterocycles. The number of ketones is 1. The topological polar surface area (TPSA) is 17.1 Å². The lowest BCUT2D eigenvalue weighted by Gasteiger charge is -2.34. The number of carbonyl (C=O) groups excluding carboxylic acids is 1. The van der Waals surface area contributed by atoms with E-state index in [1.165, 1.54) is 6.42 Å². The lowest BCUT2D eigenvalue weighted by atomic mass is 9.70. The van der Waals surface area contributed by atoms with Gasteiger partial charge in [0.1, 0.15) is 0 Å². The molecule has 74 valence electrons. The lowest BCUT2D eigenvalue weighted by molar-refractivity contribution is -0.127. The standard InChI is InChI=1S/C10H14Br2O/c1-9-4-3-6(7(12)8(9)13)10(9,2)5-11/h6-7H,3-5H2,1-2H3/t6-,7+,9+,10?/m0/s1. The zero-order valence-corrected chi connectivity index (χ0v) is 11.1. The number of Topliss-reactive ketones (excluding diaryl/α,β-unsaturated/α-hetero) is 1. The maximum absolute atomic E-state index is 12.0. The molecule has 4 atom stereocenters. The van der Waals surface area contributed by atoms with E-state index in [0.717, 1.165) is 11.8 Å². The molecule has 1 nitrogen and oxygen atoms in total. The highest BCUT2D eigenvalue weighted by Gasteiger charge is 2.67. The first-order valence-electron chi connectivity index (χ1n) is 4.72. The van der Waals surface area contributed by atoms with Crippen molar-refractivity contribution in [3.8, 4) is 0 Å². The summed E-state index contributed by atoms with van der Waals surface area (Å²) in [4.78, 5) is 12.1. The van der Waals surface area contributed by atoms with Crippen LogP contribution in [-0.2, 0) is 4.79 Å². The summed E-state index contributed by atoms with van der Waals surface area (Å²) >= 11 is 7.11. The highest BCUT2D eigenvalue weighted by Crippen LogP contribution is 2.65. The first kappa shape index (κ1) is 10.2.